The highest BCUT2D eigenvalue weighted by atomic mass is 16.6. The van der Waals surface area contributed by atoms with Crippen molar-refractivity contribution >= 4 is 23.8 Å². The van der Waals surface area contributed by atoms with Crippen LogP contribution < -0.4 is 16.4 Å². The fourth-order valence-corrected chi connectivity index (χ4v) is 3.63. The van der Waals surface area contributed by atoms with Crippen LogP contribution in [0, 0.1) is 0 Å². The average Bonchev–Trinajstić information content (AvgIpc) is 2.76. The Hall–Kier alpha value is -3.30. The van der Waals surface area contributed by atoms with Crippen LogP contribution in [0.5, 0.6) is 5.75 Å². The third kappa shape index (κ3) is 10.5. The Morgan fingerprint density at radius 3 is 2.19 bits per heavy atom. The molecule has 4 amide bonds. The molecular weight excluding hydrogens is 464 g/mol. The van der Waals surface area contributed by atoms with Crippen molar-refractivity contribution in [1.29, 1.82) is 0 Å². The number of phenols is 1. The van der Waals surface area contributed by atoms with Crippen molar-refractivity contribution < 1.29 is 29.0 Å². The largest absolute Gasteiger partial charge is 0.508 e. The lowest BCUT2D eigenvalue weighted by molar-refractivity contribution is -0.144. The molecule has 0 saturated carbocycles. The lowest BCUT2D eigenvalue weighted by Crippen LogP contribution is -2.55. The summed E-state index contributed by atoms with van der Waals surface area (Å²) in [5.74, 6) is -1.54. The maximum Gasteiger partial charge on any atom is 0.408 e. The molecule has 2 unspecified atom stereocenters. The second-order valence-corrected chi connectivity index (χ2v) is 10.0. The Morgan fingerprint density at radius 1 is 1.08 bits per heavy atom. The number of benzene rings is 1. The summed E-state index contributed by atoms with van der Waals surface area (Å²) in [6, 6.07) is 3.41. The average molecular weight is 507 g/mol. The predicted molar refractivity (Wildman–Crippen MR) is 137 cm³/mol. The number of carbonyl (C=O) groups excluding carboxylic acids is 4. The van der Waals surface area contributed by atoms with Gasteiger partial charge in [-0.1, -0.05) is 31.9 Å². The first-order valence-electron chi connectivity index (χ1n) is 12.4. The minimum atomic E-state index is -1.15. The Balaban J connectivity index is 3.37. The summed E-state index contributed by atoms with van der Waals surface area (Å²) in [7, 11) is 0. The zero-order valence-electron chi connectivity index (χ0n) is 22.3. The van der Waals surface area contributed by atoms with Crippen LogP contribution in [0.15, 0.2) is 24.3 Å². The normalized spacial score (nSPS) is 13.0. The van der Waals surface area contributed by atoms with Gasteiger partial charge in [-0.25, -0.2) is 4.79 Å². The highest BCUT2D eigenvalue weighted by Crippen LogP contribution is 2.27. The second-order valence-electron chi connectivity index (χ2n) is 10.0. The molecule has 0 saturated heterocycles. The van der Waals surface area contributed by atoms with Crippen LogP contribution in [-0.2, 0) is 19.1 Å². The topological polar surface area (TPSA) is 151 Å². The lowest BCUT2D eigenvalue weighted by Gasteiger charge is -2.37. The lowest BCUT2D eigenvalue weighted by atomic mass is 9.99. The molecule has 2 atom stereocenters. The van der Waals surface area contributed by atoms with E-state index in [1.54, 1.807) is 46.8 Å². The Labute approximate surface area is 213 Å². The van der Waals surface area contributed by atoms with E-state index in [1.165, 1.54) is 17.0 Å². The standard InChI is InChI=1S/C26H42N4O6/c1-7-8-9-16-28-23(33)22(18-10-12-19(31)13-11-18)30(17(2)3)24(34)20(14-15-21(27)32)29-25(35)36-26(4,5)6/h10-13,17,20,22,31H,7-9,14-16H2,1-6H3,(H2,27,32)(H,28,33)(H,29,35). The van der Waals surface area contributed by atoms with Crippen molar-refractivity contribution in [3.8, 4) is 5.75 Å². The molecule has 0 aliphatic heterocycles. The monoisotopic (exact) mass is 506 g/mol. The smallest absolute Gasteiger partial charge is 0.408 e. The summed E-state index contributed by atoms with van der Waals surface area (Å²) in [6.07, 6.45) is 1.71. The fourth-order valence-electron chi connectivity index (χ4n) is 3.63. The van der Waals surface area contributed by atoms with E-state index in [0.717, 1.165) is 19.3 Å². The van der Waals surface area contributed by atoms with Crippen molar-refractivity contribution in [2.24, 2.45) is 5.73 Å². The molecule has 10 nitrogen and oxygen atoms in total. The number of primary amides is 1. The molecule has 0 fully saturated rings. The molecule has 0 bridgehead atoms. The molecule has 0 spiro atoms. The van der Waals surface area contributed by atoms with Gasteiger partial charge in [0.1, 0.15) is 23.4 Å². The van der Waals surface area contributed by atoms with Gasteiger partial charge in [0.05, 0.1) is 0 Å². The van der Waals surface area contributed by atoms with Gasteiger partial charge >= 0.3 is 6.09 Å². The van der Waals surface area contributed by atoms with Crippen molar-refractivity contribution in [2.75, 3.05) is 6.54 Å². The highest BCUT2D eigenvalue weighted by Gasteiger charge is 2.37. The number of nitrogens with two attached hydrogens (primary N) is 1. The molecule has 10 heteroatoms. The van der Waals surface area contributed by atoms with Crippen LogP contribution in [0.25, 0.3) is 0 Å². The number of hydrogen-bond donors (Lipinski definition) is 4. The highest BCUT2D eigenvalue weighted by molar-refractivity contribution is 5.92. The summed E-state index contributed by atoms with van der Waals surface area (Å²) in [4.78, 5) is 52.6. The molecular formula is C26H42N4O6. The van der Waals surface area contributed by atoms with Crippen LogP contribution in [0.3, 0.4) is 0 Å². The Bertz CT molecular complexity index is 879. The number of phenolic OH excluding ortho intramolecular Hbond substituents is 1. The minimum absolute atomic E-state index is 0.0224. The molecule has 1 aromatic rings. The Kier molecular flexibility index (Phi) is 12.2. The SMILES string of the molecule is CCCCCNC(=O)C(c1ccc(O)cc1)N(C(=O)C(CCC(N)=O)NC(=O)OC(C)(C)C)C(C)C. The number of alkyl carbamates (subject to hydrolysis) is 1. The second kappa shape index (κ2) is 14.3. The van der Waals surface area contributed by atoms with E-state index in [-0.39, 0.29) is 24.5 Å². The molecule has 0 aromatic heterocycles. The van der Waals surface area contributed by atoms with Gasteiger partial charge in [-0.05, 0) is 65.2 Å². The van der Waals surface area contributed by atoms with Gasteiger partial charge in [-0.15, -0.1) is 0 Å². The number of rotatable bonds is 13. The van der Waals surface area contributed by atoms with Crippen molar-refractivity contribution in [3.63, 3.8) is 0 Å². The molecule has 36 heavy (non-hydrogen) atoms. The third-order valence-electron chi connectivity index (χ3n) is 5.29. The van der Waals surface area contributed by atoms with Crippen molar-refractivity contribution in [1.82, 2.24) is 15.5 Å². The number of ether oxygens (including phenoxy) is 1. The first kappa shape index (κ1) is 30.7. The first-order valence-corrected chi connectivity index (χ1v) is 12.4. The van der Waals surface area contributed by atoms with Gasteiger partial charge in [0.25, 0.3) is 0 Å². The molecule has 1 aromatic carbocycles. The van der Waals surface area contributed by atoms with Gasteiger partial charge in [0.15, 0.2) is 0 Å². The molecule has 5 N–H and O–H groups in total. The summed E-state index contributed by atoms with van der Waals surface area (Å²) < 4.78 is 5.30. The maximum atomic E-state index is 13.8. The number of amides is 4. The van der Waals surface area contributed by atoms with Crippen LogP contribution in [0.1, 0.15) is 85.3 Å². The summed E-state index contributed by atoms with van der Waals surface area (Å²) in [5, 5.41) is 15.2. The number of aromatic hydroxyl groups is 1. The summed E-state index contributed by atoms with van der Waals surface area (Å²) >= 11 is 0. The number of hydrogen-bond acceptors (Lipinski definition) is 6. The molecule has 1 rings (SSSR count). The number of unbranched alkanes of at least 4 members (excludes halogenated alkanes) is 2. The van der Waals surface area contributed by atoms with E-state index in [4.69, 9.17) is 10.5 Å². The quantitative estimate of drug-likeness (QED) is 0.302. The fraction of sp³-hybridized carbons (Fsp3) is 0.615. The minimum Gasteiger partial charge on any atom is -0.508 e. The van der Waals surface area contributed by atoms with Crippen LogP contribution in [0.4, 0.5) is 4.79 Å². The van der Waals surface area contributed by atoms with Crippen LogP contribution >= 0.6 is 0 Å². The van der Waals surface area contributed by atoms with Crippen LogP contribution in [0.2, 0.25) is 0 Å². The van der Waals surface area contributed by atoms with Crippen molar-refractivity contribution in [2.45, 2.75) is 97.4 Å². The zero-order chi connectivity index (χ0) is 27.5. The van der Waals surface area contributed by atoms with Gasteiger partial charge in [0.2, 0.25) is 17.7 Å². The summed E-state index contributed by atoms with van der Waals surface area (Å²) in [5.41, 5.74) is 5.00. The molecule has 0 aliphatic carbocycles. The van der Waals surface area contributed by atoms with Crippen LogP contribution in [-0.4, -0.2) is 58.1 Å². The van der Waals surface area contributed by atoms with E-state index in [9.17, 15) is 24.3 Å². The Morgan fingerprint density at radius 2 is 1.69 bits per heavy atom. The zero-order valence-corrected chi connectivity index (χ0v) is 22.3. The van der Waals surface area contributed by atoms with Gasteiger partial charge < -0.3 is 31.1 Å². The van der Waals surface area contributed by atoms with Crippen molar-refractivity contribution in [3.05, 3.63) is 29.8 Å². The predicted octanol–water partition coefficient (Wildman–Crippen LogP) is 3.14. The number of nitrogens with zero attached hydrogens (tertiary/aromatic N) is 1. The van der Waals surface area contributed by atoms with E-state index in [0.29, 0.717) is 12.1 Å². The molecule has 0 radical (unpaired) electrons. The van der Waals surface area contributed by atoms with Gasteiger partial charge in [-0.3, -0.25) is 14.4 Å². The number of carbonyl (C=O) groups is 4. The molecule has 0 heterocycles. The van der Waals surface area contributed by atoms with E-state index < -0.39 is 41.6 Å². The third-order valence-corrected chi connectivity index (χ3v) is 5.29. The van der Waals surface area contributed by atoms with E-state index in [1.807, 2.05) is 0 Å². The van der Waals surface area contributed by atoms with Gasteiger partial charge in [-0.2, -0.15) is 0 Å². The number of nitrogens with one attached hydrogen (secondary N) is 2. The van der Waals surface area contributed by atoms with E-state index in [2.05, 4.69) is 17.6 Å². The first-order chi connectivity index (χ1) is 16.8. The van der Waals surface area contributed by atoms with Gasteiger partial charge in [0, 0.05) is 19.0 Å². The summed E-state index contributed by atoms with van der Waals surface area (Å²) in [6.45, 7) is 11.1. The maximum absolute atomic E-state index is 13.8. The molecule has 0 aliphatic rings. The van der Waals surface area contributed by atoms with E-state index >= 15 is 0 Å². The molecule has 202 valence electrons.